The summed E-state index contributed by atoms with van der Waals surface area (Å²) in [6, 6.07) is 29.5. The fraction of sp³-hybridized carbons (Fsp3) is 0.111. The van der Waals surface area contributed by atoms with Gasteiger partial charge >= 0.3 is 6.62 Å². The van der Waals surface area contributed by atoms with Crippen LogP contribution in [0.3, 0.4) is 0 Å². The van der Waals surface area contributed by atoms with Crippen molar-refractivity contribution in [3.8, 4) is 0 Å². The SMILES string of the molecule is Cc1ccc(S(=O)(=O)N2[C@@H](Cc3ccccc3)C(=O)O[B@@-]2(c2ccccc2)[n+]2ccccc2)cc1. The number of hydrogen-bond acceptors (Lipinski definition) is 4. The Morgan fingerprint density at radius 3 is 2.03 bits per heavy atom. The molecule has 2 heterocycles. The van der Waals surface area contributed by atoms with Gasteiger partial charge in [-0.05, 0) is 43.2 Å². The van der Waals surface area contributed by atoms with Crippen LogP contribution in [0, 0.1) is 6.92 Å². The van der Waals surface area contributed by atoms with Crippen LogP contribution in [-0.4, -0.2) is 31.3 Å². The molecule has 0 unspecified atom stereocenters. The molecule has 4 aromatic rings. The lowest BCUT2D eigenvalue weighted by Gasteiger charge is -2.37. The molecule has 0 amide bonds. The molecule has 0 saturated carbocycles. The van der Waals surface area contributed by atoms with Crippen LogP contribution < -0.4 is 9.94 Å². The number of sulfonamides is 1. The molecule has 5 rings (SSSR count). The molecule has 8 heteroatoms. The predicted molar refractivity (Wildman–Crippen MR) is 134 cm³/mol. The Labute approximate surface area is 205 Å². The smallest absolute Gasteiger partial charge is 0.581 e. The maximum atomic E-state index is 14.4. The molecule has 2 atom stereocenters. The third-order valence-electron chi connectivity index (χ3n) is 6.45. The van der Waals surface area contributed by atoms with Crippen molar-refractivity contribution in [2.24, 2.45) is 0 Å². The number of aromatic nitrogens is 1. The zero-order chi connectivity index (χ0) is 24.5. The van der Waals surface area contributed by atoms with Gasteiger partial charge in [0.1, 0.15) is 12.4 Å². The highest BCUT2D eigenvalue weighted by Crippen LogP contribution is 2.32. The van der Waals surface area contributed by atoms with Crippen LogP contribution >= 0.6 is 0 Å². The van der Waals surface area contributed by atoms with Gasteiger partial charge < -0.3 is 9.13 Å². The Morgan fingerprint density at radius 1 is 0.829 bits per heavy atom. The lowest BCUT2D eigenvalue weighted by molar-refractivity contribution is -0.561. The number of carbonyl (C=O) groups is 1. The average molecular weight is 484 g/mol. The van der Waals surface area contributed by atoms with E-state index in [1.165, 1.54) is 4.22 Å². The summed E-state index contributed by atoms with van der Waals surface area (Å²) in [4.78, 5) is 13.7. The zero-order valence-electron chi connectivity index (χ0n) is 19.3. The summed E-state index contributed by atoms with van der Waals surface area (Å²) >= 11 is 0. The quantitative estimate of drug-likeness (QED) is 0.395. The number of benzene rings is 3. The topological polar surface area (TPSA) is 67.6 Å². The Kier molecular flexibility index (Phi) is 6.00. The monoisotopic (exact) mass is 484 g/mol. The number of carbonyl (C=O) groups excluding carboxylic acids is 1. The number of hydrogen-bond donors (Lipinski definition) is 0. The summed E-state index contributed by atoms with van der Waals surface area (Å²) in [6.07, 6.45) is 3.67. The van der Waals surface area contributed by atoms with Gasteiger partial charge in [0.15, 0.2) is 0 Å². The largest absolute Gasteiger partial charge is 0.613 e. The highest BCUT2D eigenvalue weighted by Gasteiger charge is 2.64. The van der Waals surface area contributed by atoms with Crippen molar-refractivity contribution in [3.05, 3.63) is 127 Å². The molecule has 1 fully saturated rings. The minimum atomic E-state index is -4.17. The lowest BCUT2D eigenvalue weighted by atomic mass is 9.58. The van der Waals surface area contributed by atoms with Gasteiger partial charge in [-0.3, -0.25) is 4.79 Å². The summed E-state index contributed by atoms with van der Waals surface area (Å²) < 4.78 is 37.9. The van der Waals surface area contributed by atoms with Crippen LogP contribution in [0.4, 0.5) is 0 Å². The molecule has 0 radical (unpaired) electrons. The third kappa shape index (κ3) is 4.05. The van der Waals surface area contributed by atoms with E-state index in [0.29, 0.717) is 5.46 Å². The number of rotatable bonds is 6. The van der Waals surface area contributed by atoms with Crippen LogP contribution in [0.2, 0.25) is 0 Å². The van der Waals surface area contributed by atoms with Gasteiger partial charge in [0.05, 0.1) is 10.9 Å². The zero-order valence-corrected chi connectivity index (χ0v) is 20.1. The van der Waals surface area contributed by atoms with E-state index >= 15 is 0 Å². The first-order valence-corrected chi connectivity index (χ1v) is 12.9. The molecular weight excluding hydrogens is 459 g/mol. The first kappa shape index (κ1) is 23.0. The van der Waals surface area contributed by atoms with Crippen molar-refractivity contribution in [2.75, 3.05) is 0 Å². The van der Waals surface area contributed by atoms with Crippen molar-refractivity contribution in [3.63, 3.8) is 0 Å². The molecule has 1 aromatic heterocycles. The standard InChI is InChI=1S/C27H25BN2O4S/c1-22-15-17-25(18-16-22)35(32,33)30-26(21-23-11-5-2-6-12-23)27(31)34-28(30,24-13-7-3-8-14-24)29-19-9-4-10-20-29/h2-20,26H,21H2,1H3/t26-,28-/m0/s1. The summed E-state index contributed by atoms with van der Waals surface area (Å²) in [6.45, 7) is -0.771. The molecule has 1 aliphatic rings. The van der Waals surface area contributed by atoms with E-state index in [1.807, 2.05) is 61.5 Å². The fourth-order valence-electron chi connectivity index (χ4n) is 4.77. The Morgan fingerprint density at radius 2 is 1.40 bits per heavy atom. The number of aryl methyl sites for hydroxylation is 1. The molecular formula is C27H25BN2O4S. The van der Waals surface area contributed by atoms with Crippen molar-refractivity contribution < 1.29 is 22.3 Å². The number of nitrogens with zero attached hydrogens (tertiary/aromatic N) is 2. The molecule has 176 valence electrons. The van der Waals surface area contributed by atoms with Crippen molar-refractivity contribution in [1.29, 1.82) is 0 Å². The maximum Gasteiger partial charge on any atom is 0.581 e. The molecule has 1 saturated heterocycles. The molecule has 35 heavy (non-hydrogen) atoms. The lowest BCUT2D eigenvalue weighted by Crippen LogP contribution is -2.81. The molecule has 1 aliphatic heterocycles. The van der Waals surface area contributed by atoms with Gasteiger partial charge in [-0.1, -0.05) is 89.9 Å². The summed E-state index contributed by atoms with van der Waals surface area (Å²) in [7, 11) is -4.17. The molecule has 0 N–H and O–H groups in total. The normalized spacial score (nSPS) is 20.5. The highest BCUT2D eigenvalue weighted by molar-refractivity contribution is 7.90. The highest BCUT2D eigenvalue weighted by atomic mass is 32.2. The van der Waals surface area contributed by atoms with E-state index in [2.05, 4.69) is 0 Å². The van der Waals surface area contributed by atoms with Crippen LogP contribution in [0.15, 0.2) is 120 Å². The van der Waals surface area contributed by atoms with Gasteiger partial charge in [0.25, 0.3) is 5.97 Å². The van der Waals surface area contributed by atoms with Gasteiger partial charge in [0, 0.05) is 0 Å². The second kappa shape index (κ2) is 9.13. The van der Waals surface area contributed by atoms with Crippen molar-refractivity contribution in [2.45, 2.75) is 24.3 Å². The van der Waals surface area contributed by atoms with Gasteiger partial charge in [-0.25, -0.2) is 12.6 Å². The molecule has 3 aromatic carbocycles. The maximum absolute atomic E-state index is 14.4. The van der Waals surface area contributed by atoms with Gasteiger partial charge in [-0.15, -0.1) is 0 Å². The average Bonchev–Trinajstić information content (AvgIpc) is 3.19. The first-order chi connectivity index (χ1) is 16.9. The molecule has 0 spiro atoms. The van der Waals surface area contributed by atoms with Crippen molar-refractivity contribution in [1.82, 2.24) is 4.22 Å². The predicted octanol–water partition coefficient (Wildman–Crippen LogP) is 2.84. The first-order valence-electron chi connectivity index (χ1n) is 11.5. The van der Waals surface area contributed by atoms with E-state index < -0.39 is 28.7 Å². The molecule has 0 aliphatic carbocycles. The van der Waals surface area contributed by atoms with E-state index in [9.17, 15) is 13.2 Å². The van der Waals surface area contributed by atoms with Crippen molar-refractivity contribution >= 4 is 28.1 Å². The summed E-state index contributed by atoms with van der Waals surface area (Å²) in [5, 5.41) is 0. The second-order valence-corrected chi connectivity index (χ2v) is 10.6. The van der Waals surface area contributed by atoms with E-state index in [-0.39, 0.29) is 11.3 Å². The summed E-state index contributed by atoms with van der Waals surface area (Å²) in [5.41, 5.74) is 2.37. The van der Waals surface area contributed by atoms with Crippen LogP contribution in [0.25, 0.3) is 0 Å². The second-order valence-electron chi connectivity index (χ2n) is 8.73. The minimum absolute atomic E-state index is 0.109. The van der Waals surface area contributed by atoms with Crippen LogP contribution in [0.1, 0.15) is 11.1 Å². The Bertz CT molecular complexity index is 1390. The van der Waals surface area contributed by atoms with E-state index in [4.69, 9.17) is 4.65 Å². The minimum Gasteiger partial charge on any atom is -0.613 e. The van der Waals surface area contributed by atoms with Crippen LogP contribution in [0.5, 0.6) is 0 Å². The fourth-order valence-corrected chi connectivity index (χ4v) is 6.64. The van der Waals surface area contributed by atoms with Crippen LogP contribution in [-0.2, 0) is 25.9 Å². The number of pyridine rings is 1. The third-order valence-corrected chi connectivity index (χ3v) is 8.41. The Balaban J connectivity index is 1.78. The van der Waals surface area contributed by atoms with Gasteiger partial charge in [-0.2, -0.15) is 0 Å². The van der Waals surface area contributed by atoms with E-state index in [0.717, 1.165) is 11.1 Å². The molecule has 0 bridgehead atoms. The van der Waals surface area contributed by atoms with Gasteiger partial charge in [0.2, 0.25) is 10.0 Å². The molecule has 6 nitrogen and oxygen atoms in total. The Hall–Kier alpha value is -3.75. The van der Waals surface area contributed by atoms with E-state index in [1.54, 1.807) is 65.4 Å². The summed E-state index contributed by atoms with van der Waals surface area (Å²) in [5.74, 6) is -0.579.